The smallest absolute Gasteiger partial charge is 0.0893 e. The van der Waals surface area contributed by atoms with Gasteiger partial charge in [0.1, 0.15) is 0 Å². The third-order valence-corrected chi connectivity index (χ3v) is 2.09. The standard InChI is InChI=1S/C11H7ClN/c12-10-6-2-1-5-9(10)11-7-3-4-8-13-11/h1-7H. The van der Waals surface area contributed by atoms with E-state index in [4.69, 9.17) is 11.6 Å². The van der Waals surface area contributed by atoms with Crippen LogP contribution in [0.3, 0.4) is 0 Å². The summed E-state index contributed by atoms with van der Waals surface area (Å²) in [4.78, 5) is 4.10. The van der Waals surface area contributed by atoms with Crippen LogP contribution in [0.5, 0.6) is 0 Å². The van der Waals surface area contributed by atoms with E-state index in [1.54, 1.807) is 6.07 Å². The SMILES string of the molecule is Clc1ccccc1-c1ccc[c]n1. The van der Waals surface area contributed by atoms with Crippen LogP contribution in [0.25, 0.3) is 11.3 Å². The van der Waals surface area contributed by atoms with E-state index in [0.717, 1.165) is 16.3 Å². The van der Waals surface area contributed by atoms with E-state index in [2.05, 4.69) is 11.2 Å². The van der Waals surface area contributed by atoms with Gasteiger partial charge in [-0.1, -0.05) is 35.9 Å². The zero-order valence-electron chi connectivity index (χ0n) is 6.87. The second-order valence-electron chi connectivity index (χ2n) is 2.63. The van der Waals surface area contributed by atoms with Crippen LogP contribution < -0.4 is 0 Å². The molecule has 0 unspecified atom stereocenters. The van der Waals surface area contributed by atoms with Gasteiger partial charge in [-0.05, 0) is 18.2 Å². The Morgan fingerprint density at radius 2 is 1.92 bits per heavy atom. The second kappa shape index (κ2) is 3.58. The highest BCUT2D eigenvalue weighted by molar-refractivity contribution is 6.33. The molecule has 2 rings (SSSR count). The largest absolute Gasteiger partial charge is 0.246 e. The van der Waals surface area contributed by atoms with Crippen LogP contribution in [0.4, 0.5) is 0 Å². The molecular weight excluding hydrogens is 182 g/mol. The number of halogens is 1. The van der Waals surface area contributed by atoms with Gasteiger partial charge in [0, 0.05) is 10.6 Å². The van der Waals surface area contributed by atoms with Gasteiger partial charge in [-0.15, -0.1) is 0 Å². The molecule has 1 aromatic heterocycles. The molecular formula is C11H7ClN. The summed E-state index contributed by atoms with van der Waals surface area (Å²) in [5, 5.41) is 0.717. The summed E-state index contributed by atoms with van der Waals surface area (Å²) in [6.07, 6.45) is 2.78. The van der Waals surface area contributed by atoms with Crippen molar-refractivity contribution in [3.63, 3.8) is 0 Å². The lowest BCUT2D eigenvalue weighted by atomic mass is 10.1. The van der Waals surface area contributed by atoms with Gasteiger partial charge in [-0.25, -0.2) is 4.98 Å². The Morgan fingerprint density at radius 3 is 2.62 bits per heavy atom. The van der Waals surface area contributed by atoms with Crippen LogP contribution in [0.2, 0.25) is 5.02 Å². The summed E-state index contributed by atoms with van der Waals surface area (Å²) >= 11 is 6.00. The molecule has 0 bridgehead atoms. The fraction of sp³-hybridized carbons (Fsp3) is 0. The van der Waals surface area contributed by atoms with Crippen LogP contribution in [-0.4, -0.2) is 4.98 Å². The molecule has 0 saturated carbocycles. The first-order valence-corrected chi connectivity index (χ1v) is 4.34. The molecule has 1 heterocycles. The normalized spacial score (nSPS) is 9.92. The molecule has 0 aliphatic heterocycles. The maximum atomic E-state index is 6.00. The minimum atomic E-state index is 0.717. The molecule has 2 aromatic rings. The van der Waals surface area contributed by atoms with E-state index in [0.29, 0.717) is 0 Å². The molecule has 1 nitrogen and oxygen atoms in total. The van der Waals surface area contributed by atoms with Crippen molar-refractivity contribution in [2.75, 3.05) is 0 Å². The van der Waals surface area contributed by atoms with Gasteiger partial charge in [-0.2, -0.15) is 0 Å². The summed E-state index contributed by atoms with van der Waals surface area (Å²) in [7, 11) is 0. The number of benzene rings is 1. The van der Waals surface area contributed by atoms with Crippen LogP contribution in [0.1, 0.15) is 0 Å². The van der Waals surface area contributed by atoms with E-state index in [-0.39, 0.29) is 0 Å². The zero-order valence-corrected chi connectivity index (χ0v) is 7.62. The van der Waals surface area contributed by atoms with Crippen LogP contribution in [0.15, 0.2) is 42.5 Å². The number of aromatic nitrogens is 1. The van der Waals surface area contributed by atoms with Crippen LogP contribution in [0, 0.1) is 6.20 Å². The van der Waals surface area contributed by atoms with Gasteiger partial charge < -0.3 is 0 Å². The maximum Gasteiger partial charge on any atom is 0.0893 e. The van der Waals surface area contributed by atoms with Crippen molar-refractivity contribution in [1.82, 2.24) is 4.98 Å². The number of rotatable bonds is 1. The molecule has 0 aliphatic rings. The van der Waals surface area contributed by atoms with Crippen molar-refractivity contribution in [2.24, 2.45) is 0 Å². The summed E-state index contributed by atoms with van der Waals surface area (Å²) in [5.41, 5.74) is 1.80. The van der Waals surface area contributed by atoms with E-state index in [1.807, 2.05) is 36.4 Å². The van der Waals surface area contributed by atoms with E-state index >= 15 is 0 Å². The van der Waals surface area contributed by atoms with Crippen molar-refractivity contribution in [1.29, 1.82) is 0 Å². The molecule has 0 aliphatic carbocycles. The second-order valence-corrected chi connectivity index (χ2v) is 3.04. The first-order valence-electron chi connectivity index (χ1n) is 3.96. The minimum Gasteiger partial charge on any atom is -0.246 e. The van der Waals surface area contributed by atoms with Crippen LogP contribution in [-0.2, 0) is 0 Å². The molecule has 0 saturated heterocycles. The fourth-order valence-electron chi connectivity index (χ4n) is 1.15. The molecule has 1 aromatic carbocycles. The monoisotopic (exact) mass is 188 g/mol. The predicted molar refractivity (Wildman–Crippen MR) is 53.5 cm³/mol. The number of hydrogen-bond donors (Lipinski definition) is 0. The maximum absolute atomic E-state index is 6.00. The molecule has 63 valence electrons. The van der Waals surface area contributed by atoms with Crippen molar-refractivity contribution in [3.8, 4) is 11.3 Å². The minimum absolute atomic E-state index is 0.717. The molecule has 0 N–H and O–H groups in total. The molecule has 1 radical (unpaired) electrons. The average molecular weight is 189 g/mol. The first kappa shape index (κ1) is 8.27. The predicted octanol–water partition coefficient (Wildman–Crippen LogP) is 3.20. The Balaban J connectivity index is 2.54. The van der Waals surface area contributed by atoms with Crippen LogP contribution >= 0.6 is 11.6 Å². The quantitative estimate of drug-likeness (QED) is 0.670. The third kappa shape index (κ3) is 1.70. The number of hydrogen-bond acceptors (Lipinski definition) is 1. The first-order chi connectivity index (χ1) is 6.38. The topological polar surface area (TPSA) is 12.9 Å². The van der Waals surface area contributed by atoms with Crippen molar-refractivity contribution in [3.05, 3.63) is 53.7 Å². The van der Waals surface area contributed by atoms with Crippen molar-refractivity contribution >= 4 is 11.6 Å². The molecule has 0 spiro atoms. The molecule has 2 heteroatoms. The van der Waals surface area contributed by atoms with Gasteiger partial charge in [0.25, 0.3) is 0 Å². The Kier molecular flexibility index (Phi) is 2.28. The summed E-state index contributed by atoms with van der Waals surface area (Å²) in [6.45, 7) is 0. The van der Waals surface area contributed by atoms with E-state index in [9.17, 15) is 0 Å². The number of pyridine rings is 1. The van der Waals surface area contributed by atoms with Gasteiger partial charge in [-0.3, -0.25) is 0 Å². The molecule has 0 atom stereocenters. The van der Waals surface area contributed by atoms with E-state index in [1.165, 1.54) is 0 Å². The Hall–Kier alpha value is -1.34. The van der Waals surface area contributed by atoms with Gasteiger partial charge in [0.05, 0.1) is 11.9 Å². The van der Waals surface area contributed by atoms with Crippen molar-refractivity contribution in [2.45, 2.75) is 0 Å². The number of nitrogens with zero attached hydrogens (tertiary/aromatic N) is 1. The third-order valence-electron chi connectivity index (χ3n) is 1.76. The molecule has 13 heavy (non-hydrogen) atoms. The lowest BCUT2D eigenvalue weighted by Crippen LogP contribution is -1.82. The molecule has 0 fully saturated rings. The van der Waals surface area contributed by atoms with E-state index < -0.39 is 0 Å². The lowest BCUT2D eigenvalue weighted by Gasteiger charge is -2.01. The average Bonchev–Trinajstić information content (AvgIpc) is 2.20. The highest BCUT2D eigenvalue weighted by Crippen LogP contribution is 2.24. The Bertz CT molecular complexity index is 398. The van der Waals surface area contributed by atoms with Crippen molar-refractivity contribution < 1.29 is 0 Å². The zero-order chi connectivity index (χ0) is 9.10. The summed E-state index contributed by atoms with van der Waals surface area (Å²) in [6, 6.07) is 13.2. The molecule has 0 amide bonds. The Labute approximate surface area is 82.0 Å². The summed E-state index contributed by atoms with van der Waals surface area (Å²) < 4.78 is 0. The fourth-order valence-corrected chi connectivity index (χ4v) is 1.38. The van der Waals surface area contributed by atoms with Gasteiger partial charge >= 0.3 is 0 Å². The highest BCUT2D eigenvalue weighted by Gasteiger charge is 2.01. The van der Waals surface area contributed by atoms with Gasteiger partial charge in [0.15, 0.2) is 0 Å². The highest BCUT2D eigenvalue weighted by atomic mass is 35.5. The summed E-state index contributed by atoms with van der Waals surface area (Å²) in [5.74, 6) is 0. The Morgan fingerprint density at radius 1 is 1.08 bits per heavy atom. The van der Waals surface area contributed by atoms with Gasteiger partial charge in [0.2, 0.25) is 0 Å². The lowest BCUT2D eigenvalue weighted by molar-refractivity contribution is 1.31.